The molecule has 1 aliphatic carbocycles. The van der Waals surface area contributed by atoms with E-state index in [9.17, 15) is 23.5 Å². The van der Waals surface area contributed by atoms with Gasteiger partial charge in [0, 0.05) is 12.3 Å². The Bertz CT molecular complexity index is 641. The number of fused-ring (bicyclic) bond motifs is 1. The van der Waals surface area contributed by atoms with E-state index in [0.29, 0.717) is 0 Å². The molecular weight excluding hydrogens is 266 g/mol. The number of nitrogens with one attached hydrogen (secondary N) is 1. The lowest BCUT2D eigenvalue weighted by molar-refractivity contribution is -0.158. The van der Waals surface area contributed by atoms with Crippen LogP contribution in [-0.4, -0.2) is 44.0 Å². The first kappa shape index (κ1) is 12.5. The van der Waals surface area contributed by atoms with Crippen molar-refractivity contribution in [1.82, 2.24) is 9.55 Å². The van der Waals surface area contributed by atoms with E-state index in [4.69, 9.17) is 9.84 Å². The third-order valence-electron chi connectivity index (χ3n) is 3.70. The number of aromatic nitrogens is 2. The zero-order chi connectivity index (χ0) is 14.0. The zero-order valence-electron chi connectivity index (χ0n) is 9.42. The van der Waals surface area contributed by atoms with Gasteiger partial charge in [-0.2, -0.15) is 0 Å². The quantitative estimate of drug-likeness (QED) is 0.605. The Morgan fingerprint density at radius 2 is 2.16 bits per heavy atom. The summed E-state index contributed by atoms with van der Waals surface area (Å²) in [5.41, 5.74) is -3.68. The first-order chi connectivity index (χ1) is 8.85. The van der Waals surface area contributed by atoms with Crippen LogP contribution in [0.25, 0.3) is 0 Å². The van der Waals surface area contributed by atoms with E-state index in [1.54, 1.807) is 0 Å². The van der Waals surface area contributed by atoms with Gasteiger partial charge in [-0.3, -0.25) is 14.3 Å². The second kappa shape index (κ2) is 3.50. The highest BCUT2D eigenvalue weighted by atomic mass is 19.3. The van der Waals surface area contributed by atoms with Crippen LogP contribution < -0.4 is 11.2 Å². The molecule has 0 aromatic carbocycles. The molecule has 4 atom stereocenters. The lowest BCUT2D eigenvalue weighted by Gasteiger charge is -2.23. The Morgan fingerprint density at radius 1 is 1.47 bits per heavy atom. The lowest BCUT2D eigenvalue weighted by Crippen LogP contribution is -2.39. The van der Waals surface area contributed by atoms with Gasteiger partial charge in [-0.15, -0.1) is 0 Å². The molecule has 1 saturated carbocycles. The average molecular weight is 276 g/mol. The summed E-state index contributed by atoms with van der Waals surface area (Å²) in [6.07, 6.45) is -1.96. The van der Waals surface area contributed by atoms with Crippen LogP contribution >= 0.6 is 0 Å². The van der Waals surface area contributed by atoms with Crippen molar-refractivity contribution >= 4 is 0 Å². The van der Waals surface area contributed by atoms with Crippen LogP contribution in [0.2, 0.25) is 0 Å². The third-order valence-corrected chi connectivity index (χ3v) is 3.70. The molecule has 0 spiro atoms. The molecule has 0 radical (unpaired) electrons. The second-order valence-corrected chi connectivity index (χ2v) is 4.66. The highest BCUT2D eigenvalue weighted by molar-refractivity contribution is 5.27. The predicted molar refractivity (Wildman–Crippen MR) is 55.7 cm³/mol. The Labute approximate surface area is 104 Å². The number of hydrogen-bond donors (Lipinski definition) is 3. The lowest BCUT2D eigenvalue weighted by atomic mass is 10.2. The van der Waals surface area contributed by atoms with Gasteiger partial charge in [0.1, 0.15) is 6.10 Å². The molecule has 0 bridgehead atoms. The van der Waals surface area contributed by atoms with Crippen molar-refractivity contribution < 1.29 is 23.7 Å². The highest BCUT2D eigenvalue weighted by Crippen LogP contribution is 2.69. The van der Waals surface area contributed by atoms with Gasteiger partial charge in [0.2, 0.25) is 0 Å². The van der Waals surface area contributed by atoms with E-state index in [-0.39, 0.29) is 0 Å². The summed E-state index contributed by atoms with van der Waals surface area (Å²) in [5.74, 6) is -4.89. The van der Waals surface area contributed by atoms with Gasteiger partial charge in [-0.25, -0.2) is 13.6 Å². The minimum Gasteiger partial charge on any atom is -0.393 e. The molecule has 9 heteroatoms. The molecule has 1 aromatic rings. The molecule has 3 N–H and O–H groups in total. The van der Waals surface area contributed by atoms with Gasteiger partial charge in [-0.05, 0) is 0 Å². The number of aromatic amines is 1. The molecule has 7 nitrogen and oxygen atoms in total. The molecule has 0 amide bonds. The molecule has 1 aliphatic heterocycles. The van der Waals surface area contributed by atoms with Gasteiger partial charge in [-0.1, -0.05) is 0 Å². The Morgan fingerprint density at radius 3 is 2.68 bits per heavy atom. The van der Waals surface area contributed by atoms with E-state index >= 15 is 0 Å². The molecule has 1 aromatic heterocycles. The van der Waals surface area contributed by atoms with Gasteiger partial charge < -0.3 is 14.9 Å². The highest BCUT2D eigenvalue weighted by Gasteiger charge is 2.89. The van der Waals surface area contributed by atoms with Crippen LogP contribution in [-0.2, 0) is 4.74 Å². The second-order valence-electron chi connectivity index (χ2n) is 4.66. The van der Waals surface area contributed by atoms with Gasteiger partial charge in [0.25, 0.3) is 11.5 Å². The molecule has 2 aliphatic rings. The predicted octanol–water partition coefficient (Wildman–Crippen LogP) is -1.58. The van der Waals surface area contributed by atoms with Crippen molar-refractivity contribution in [2.45, 2.75) is 23.9 Å². The molecular formula is C10H10F2N2O5. The maximum Gasteiger partial charge on any atom is 0.330 e. The molecule has 3 rings (SSSR count). The zero-order valence-corrected chi connectivity index (χ0v) is 9.42. The average Bonchev–Trinajstić information content (AvgIpc) is 2.64. The van der Waals surface area contributed by atoms with Crippen molar-refractivity contribution in [3.8, 4) is 0 Å². The number of aliphatic hydroxyl groups is 2. The smallest absolute Gasteiger partial charge is 0.330 e. The number of hydrogen-bond acceptors (Lipinski definition) is 5. The van der Waals surface area contributed by atoms with E-state index in [2.05, 4.69) is 0 Å². The normalized spacial score (nSPS) is 39.1. The minimum absolute atomic E-state index is 0.652. The van der Waals surface area contributed by atoms with Gasteiger partial charge in [0.15, 0.2) is 11.8 Å². The number of rotatable bonds is 2. The van der Waals surface area contributed by atoms with Crippen LogP contribution in [0.4, 0.5) is 8.78 Å². The molecule has 1 saturated heterocycles. The Hall–Kier alpha value is -1.58. The van der Waals surface area contributed by atoms with E-state index in [1.807, 2.05) is 4.98 Å². The first-order valence-electron chi connectivity index (χ1n) is 5.51. The monoisotopic (exact) mass is 276 g/mol. The number of halogens is 2. The van der Waals surface area contributed by atoms with Crippen molar-refractivity contribution in [1.29, 1.82) is 0 Å². The van der Waals surface area contributed by atoms with Crippen molar-refractivity contribution in [2.24, 2.45) is 5.92 Å². The summed E-state index contributed by atoms with van der Waals surface area (Å²) in [6, 6.07) is 1.01. The number of H-pyrrole nitrogens is 1. The number of ether oxygens (including phenoxy) is 1. The standard InChI is InChI=1S/C10H10F2N2O5/c11-10(12)6-5(17)7(19-9(6,10)3-15)14-2-1-4(16)13-8(14)18/h1-2,5-7,15,17H,3H2,(H,13,16,18)/t5-,6-,7-,9+/m1/s1. The molecule has 2 fully saturated rings. The van der Waals surface area contributed by atoms with Crippen LogP contribution in [0.3, 0.4) is 0 Å². The van der Waals surface area contributed by atoms with Gasteiger partial charge >= 0.3 is 5.69 Å². The fourth-order valence-electron chi connectivity index (χ4n) is 2.64. The first-order valence-corrected chi connectivity index (χ1v) is 5.51. The van der Waals surface area contributed by atoms with Crippen LogP contribution in [0.1, 0.15) is 6.23 Å². The van der Waals surface area contributed by atoms with Crippen LogP contribution in [0, 0.1) is 5.92 Å². The fraction of sp³-hybridized carbons (Fsp3) is 0.600. The van der Waals surface area contributed by atoms with Gasteiger partial charge in [0.05, 0.1) is 12.5 Å². The minimum atomic E-state index is -3.33. The molecule has 2 heterocycles. The SMILES string of the molecule is O=c1ccn([C@@H]2O[C@@]3(CO)[C@@H]([C@H]2O)C3(F)F)c(=O)[nH]1. The molecule has 19 heavy (non-hydrogen) atoms. The topological polar surface area (TPSA) is 105 Å². The summed E-state index contributed by atoms with van der Waals surface area (Å²) < 4.78 is 32.6. The van der Waals surface area contributed by atoms with E-state index in [1.165, 1.54) is 0 Å². The number of aliphatic hydroxyl groups excluding tert-OH is 2. The van der Waals surface area contributed by atoms with Crippen molar-refractivity contribution in [2.75, 3.05) is 6.61 Å². The summed E-state index contributed by atoms with van der Waals surface area (Å²) in [5, 5.41) is 18.8. The molecule has 0 unspecified atom stereocenters. The molecule has 104 valence electrons. The van der Waals surface area contributed by atoms with E-state index < -0.39 is 47.6 Å². The van der Waals surface area contributed by atoms with Crippen molar-refractivity contribution in [3.63, 3.8) is 0 Å². The largest absolute Gasteiger partial charge is 0.393 e. The van der Waals surface area contributed by atoms with Crippen LogP contribution in [0.15, 0.2) is 21.9 Å². The Kier molecular flexibility index (Phi) is 2.29. The number of alkyl halides is 2. The Balaban J connectivity index is 1.99. The fourth-order valence-corrected chi connectivity index (χ4v) is 2.64. The third kappa shape index (κ3) is 1.34. The summed E-state index contributed by atoms with van der Waals surface area (Å²) in [6.45, 7) is -0.962. The summed E-state index contributed by atoms with van der Waals surface area (Å²) in [4.78, 5) is 24.3. The maximum atomic E-state index is 13.4. The van der Waals surface area contributed by atoms with E-state index in [0.717, 1.165) is 16.8 Å². The van der Waals surface area contributed by atoms with Crippen molar-refractivity contribution in [3.05, 3.63) is 33.1 Å². The summed E-state index contributed by atoms with van der Waals surface area (Å²) >= 11 is 0. The van der Waals surface area contributed by atoms with Crippen LogP contribution in [0.5, 0.6) is 0 Å². The summed E-state index contributed by atoms with van der Waals surface area (Å²) in [7, 11) is 0. The number of nitrogens with zero attached hydrogens (tertiary/aromatic N) is 1. The maximum absolute atomic E-state index is 13.4.